The highest BCUT2D eigenvalue weighted by Gasteiger charge is 2.18. The van der Waals surface area contributed by atoms with E-state index in [1.807, 2.05) is 20.8 Å². The van der Waals surface area contributed by atoms with Gasteiger partial charge in [-0.3, -0.25) is 0 Å². The molecule has 1 unspecified atom stereocenters. The molecule has 0 spiro atoms. The van der Waals surface area contributed by atoms with Crippen LogP contribution in [0.5, 0.6) is 0 Å². The molecule has 50 valence electrons. The second-order valence-corrected chi connectivity index (χ2v) is 2.67. The molecule has 0 aromatic rings. The van der Waals surface area contributed by atoms with Crippen molar-refractivity contribution < 1.29 is 5.21 Å². The Hall–Kier alpha value is -0.120. The third-order valence-electron chi connectivity index (χ3n) is 1.31. The van der Waals surface area contributed by atoms with Crippen molar-refractivity contribution in [2.45, 2.75) is 32.4 Å². The van der Waals surface area contributed by atoms with Gasteiger partial charge in [-0.15, -0.1) is 0 Å². The van der Waals surface area contributed by atoms with E-state index in [2.05, 4.69) is 5.48 Å². The Morgan fingerprint density at radius 2 is 2.00 bits per heavy atom. The first kappa shape index (κ1) is 7.88. The van der Waals surface area contributed by atoms with Crippen molar-refractivity contribution in [2.24, 2.45) is 5.73 Å². The van der Waals surface area contributed by atoms with E-state index in [9.17, 15) is 0 Å². The molecule has 4 N–H and O–H groups in total. The van der Waals surface area contributed by atoms with Crippen LogP contribution in [0.3, 0.4) is 0 Å². The number of nitrogens with two attached hydrogens (primary N) is 1. The minimum absolute atomic E-state index is 0.0671. The fourth-order valence-corrected chi connectivity index (χ4v) is 0.166. The molecule has 0 fully saturated rings. The fraction of sp³-hybridized carbons (Fsp3) is 1.00. The molecular weight excluding hydrogens is 104 g/mol. The third kappa shape index (κ3) is 2.26. The largest absolute Gasteiger partial charge is 0.324 e. The molecule has 3 nitrogen and oxygen atoms in total. The molecule has 0 saturated heterocycles. The van der Waals surface area contributed by atoms with E-state index in [1.165, 1.54) is 0 Å². The van der Waals surface area contributed by atoms with Gasteiger partial charge < -0.3 is 10.9 Å². The first-order valence-electron chi connectivity index (χ1n) is 2.67. The second kappa shape index (κ2) is 2.44. The Bertz CT molecular complexity index is 67.3. The fourth-order valence-electron chi connectivity index (χ4n) is 0.166. The van der Waals surface area contributed by atoms with Crippen LogP contribution in [-0.4, -0.2) is 16.8 Å². The van der Waals surface area contributed by atoms with Crippen LogP contribution in [0, 0.1) is 0 Å². The lowest BCUT2D eigenvalue weighted by molar-refractivity contribution is 0.103. The van der Waals surface area contributed by atoms with Gasteiger partial charge in [0.1, 0.15) is 0 Å². The summed E-state index contributed by atoms with van der Waals surface area (Å²) in [6, 6.07) is -0.0671. The van der Waals surface area contributed by atoms with E-state index in [-0.39, 0.29) is 11.6 Å². The molecule has 0 heterocycles. The number of rotatable bonds is 2. The lowest BCUT2D eigenvalue weighted by atomic mass is 9.99. The van der Waals surface area contributed by atoms with E-state index < -0.39 is 0 Å². The van der Waals surface area contributed by atoms with Crippen LogP contribution in [0.15, 0.2) is 0 Å². The number of hydrogen-bond donors (Lipinski definition) is 3. The summed E-state index contributed by atoms with van der Waals surface area (Å²) in [4.78, 5) is 0. The van der Waals surface area contributed by atoms with Crippen molar-refractivity contribution in [1.29, 1.82) is 0 Å². The van der Waals surface area contributed by atoms with E-state index in [4.69, 9.17) is 10.9 Å². The number of nitrogens with one attached hydrogen (secondary N) is 1. The Kier molecular flexibility index (Phi) is 2.40. The van der Waals surface area contributed by atoms with E-state index >= 15 is 0 Å². The molecular formula is C5H14N2O. The van der Waals surface area contributed by atoms with Crippen molar-refractivity contribution in [3.8, 4) is 0 Å². The minimum Gasteiger partial charge on any atom is -0.324 e. The molecule has 0 aromatic carbocycles. The molecule has 0 amide bonds. The highest BCUT2D eigenvalue weighted by atomic mass is 16.5. The van der Waals surface area contributed by atoms with Crippen molar-refractivity contribution in [3.05, 3.63) is 0 Å². The molecule has 0 saturated carbocycles. The molecule has 3 heteroatoms. The smallest absolute Gasteiger partial charge is 0.0465 e. The van der Waals surface area contributed by atoms with Crippen LogP contribution >= 0.6 is 0 Å². The van der Waals surface area contributed by atoms with Crippen molar-refractivity contribution in [3.63, 3.8) is 0 Å². The molecule has 0 aliphatic carbocycles. The third-order valence-corrected chi connectivity index (χ3v) is 1.31. The van der Waals surface area contributed by atoms with Gasteiger partial charge in [-0.2, -0.15) is 0 Å². The van der Waals surface area contributed by atoms with Crippen LogP contribution < -0.4 is 11.2 Å². The van der Waals surface area contributed by atoms with Crippen molar-refractivity contribution in [1.82, 2.24) is 5.48 Å². The molecule has 0 rings (SSSR count). The van der Waals surface area contributed by atoms with Crippen LogP contribution in [0.4, 0.5) is 0 Å². The summed E-state index contributed by atoms with van der Waals surface area (Å²) in [5, 5.41) is 8.34. The van der Waals surface area contributed by atoms with Gasteiger partial charge >= 0.3 is 0 Å². The monoisotopic (exact) mass is 118 g/mol. The Morgan fingerprint density at radius 3 is 2.00 bits per heavy atom. The summed E-state index contributed by atoms with van der Waals surface area (Å²) < 4.78 is 0. The average Bonchev–Trinajstić information content (AvgIpc) is 1.62. The van der Waals surface area contributed by atoms with E-state index in [1.54, 1.807) is 0 Å². The SMILES string of the molecule is CC(NO)C(C)(C)N. The maximum atomic E-state index is 8.34. The highest BCUT2D eigenvalue weighted by molar-refractivity contribution is 4.81. The topological polar surface area (TPSA) is 58.3 Å². The van der Waals surface area contributed by atoms with Gasteiger partial charge in [-0.25, -0.2) is 5.48 Å². The molecule has 1 atom stereocenters. The summed E-state index contributed by atoms with van der Waals surface area (Å²) in [6.07, 6.45) is 0. The molecule has 0 aliphatic heterocycles. The molecule has 0 aliphatic rings. The van der Waals surface area contributed by atoms with Crippen molar-refractivity contribution >= 4 is 0 Å². The normalized spacial score (nSPS) is 16.1. The maximum absolute atomic E-state index is 8.34. The maximum Gasteiger partial charge on any atom is 0.0465 e. The Balaban J connectivity index is 3.62. The van der Waals surface area contributed by atoms with Gasteiger partial charge in [-0.1, -0.05) is 0 Å². The predicted molar refractivity (Wildman–Crippen MR) is 32.7 cm³/mol. The van der Waals surface area contributed by atoms with Gasteiger partial charge in [0.15, 0.2) is 0 Å². The van der Waals surface area contributed by atoms with Crippen LogP contribution in [0.25, 0.3) is 0 Å². The van der Waals surface area contributed by atoms with Gasteiger partial charge in [0, 0.05) is 11.6 Å². The van der Waals surface area contributed by atoms with Gasteiger partial charge in [-0.05, 0) is 20.8 Å². The summed E-state index contributed by atoms with van der Waals surface area (Å²) >= 11 is 0. The minimum atomic E-state index is -0.352. The molecule has 0 radical (unpaired) electrons. The molecule has 0 aromatic heterocycles. The summed E-state index contributed by atoms with van der Waals surface area (Å²) in [5.74, 6) is 0. The van der Waals surface area contributed by atoms with E-state index in [0.29, 0.717) is 0 Å². The zero-order valence-electron chi connectivity index (χ0n) is 5.60. The van der Waals surface area contributed by atoms with Crippen molar-refractivity contribution in [2.75, 3.05) is 0 Å². The van der Waals surface area contributed by atoms with E-state index in [0.717, 1.165) is 0 Å². The average molecular weight is 118 g/mol. The quantitative estimate of drug-likeness (QED) is 0.450. The summed E-state index contributed by atoms with van der Waals surface area (Å²) in [5.41, 5.74) is 7.29. The predicted octanol–water partition coefficient (Wildman–Crippen LogP) is 0.0910. The first-order valence-corrected chi connectivity index (χ1v) is 2.67. The molecule has 8 heavy (non-hydrogen) atoms. The van der Waals surface area contributed by atoms with Gasteiger partial charge in [0.2, 0.25) is 0 Å². The zero-order chi connectivity index (χ0) is 6.78. The van der Waals surface area contributed by atoms with Gasteiger partial charge in [0.05, 0.1) is 0 Å². The lowest BCUT2D eigenvalue weighted by Crippen LogP contribution is -2.50. The zero-order valence-corrected chi connectivity index (χ0v) is 5.60. The second-order valence-electron chi connectivity index (χ2n) is 2.67. The van der Waals surface area contributed by atoms with Crippen LogP contribution in [0.1, 0.15) is 20.8 Å². The first-order chi connectivity index (χ1) is 3.48. The Labute approximate surface area is 49.8 Å². The standard InChI is InChI=1S/C5H14N2O/c1-4(7-8)5(2,3)6/h4,7-8H,6H2,1-3H3. The van der Waals surface area contributed by atoms with Crippen LogP contribution in [0.2, 0.25) is 0 Å². The molecule has 0 bridgehead atoms. The number of hydroxylamine groups is 1. The van der Waals surface area contributed by atoms with Gasteiger partial charge in [0.25, 0.3) is 0 Å². The number of hydrogen-bond acceptors (Lipinski definition) is 3. The lowest BCUT2D eigenvalue weighted by Gasteiger charge is -2.25. The highest BCUT2D eigenvalue weighted by Crippen LogP contribution is 2.01. The summed E-state index contributed by atoms with van der Waals surface area (Å²) in [7, 11) is 0. The van der Waals surface area contributed by atoms with Crippen LogP contribution in [-0.2, 0) is 0 Å². The Morgan fingerprint density at radius 1 is 1.62 bits per heavy atom. The summed E-state index contributed by atoms with van der Waals surface area (Å²) in [6.45, 7) is 5.52.